The monoisotopic (exact) mass is 318 g/mol. The highest BCUT2D eigenvalue weighted by Gasteiger charge is 2.28. The first kappa shape index (κ1) is 17.4. The van der Waals surface area contributed by atoms with E-state index in [1.54, 1.807) is 13.0 Å². The van der Waals surface area contributed by atoms with E-state index in [0.717, 1.165) is 8.61 Å². The number of hydrogen-bond acceptors (Lipinski definition) is 4. The molecule has 0 aliphatic carbocycles. The van der Waals surface area contributed by atoms with Gasteiger partial charge in [-0.05, 0) is 19.1 Å². The van der Waals surface area contributed by atoms with Gasteiger partial charge in [-0.15, -0.1) is 0 Å². The Balaban J connectivity index is 2.98. The minimum Gasteiger partial charge on any atom is -0.469 e. The largest absolute Gasteiger partial charge is 0.469 e. The van der Waals surface area contributed by atoms with Gasteiger partial charge in [0.05, 0.1) is 19.2 Å². The zero-order chi connectivity index (χ0) is 16.0. The Morgan fingerprint density at radius 3 is 2.48 bits per heavy atom. The van der Waals surface area contributed by atoms with E-state index in [9.17, 15) is 17.6 Å². The van der Waals surface area contributed by atoms with E-state index in [1.807, 2.05) is 0 Å². The molecule has 0 saturated heterocycles. The summed E-state index contributed by atoms with van der Waals surface area (Å²) in [5, 5.41) is 0. The number of para-hydroxylation sites is 1. The highest BCUT2D eigenvalue weighted by Crippen LogP contribution is 2.23. The molecular formula is C13H19FN2O4S. The predicted molar refractivity (Wildman–Crippen MR) is 77.6 cm³/mol. The standard InChI is InChI=1S/C13H19FN2O4S/c1-4-16(12-8-6-5-7-11(12)14)21(18,19)15(2)10-9-13(17)20-3/h5-8H,4,9-10H2,1-3H3. The van der Waals surface area contributed by atoms with Gasteiger partial charge in [-0.2, -0.15) is 12.7 Å². The van der Waals surface area contributed by atoms with Crippen LogP contribution < -0.4 is 4.31 Å². The Bertz CT molecular complexity index is 592. The molecular weight excluding hydrogens is 299 g/mol. The lowest BCUT2D eigenvalue weighted by molar-refractivity contribution is -0.140. The van der Waals surface area contributed by atoms with Gasteiger partial charge >= 0.3 is 16.2 Å². The number of rotatable bonds is 7. The van der Waals surface area contributed by atoms with E-state index in [2.05, 4.69) is 4.74 Å². The number of halogens is 1. The number of carbonyl (C=O) groups is 1. The molecule has 0 N–H and O–H groups in total. The first-order valence-electron chi connectivity index (χ1n) is 6.40. The van der Waals surface area contributed by atoms with Crippen LogP contribution in [-0.2, 0) is 19.7 Å². The molecule has 1 aromatic rings. The van der Waals surface area contributed by atoms with Crippen LogP contribution in [0.5, 0.6) is 0 Å². The quantitative estimate of drug-likeness (QED) is 0.713. The molecule has 0 unspecified atom stereocenters. The van der Waals surface area contributed by atoms with Crippen LogP contribution in [0, 0.1) is 5.82 Å². The van der Waals surface area contributed by atoms with E-state index in [1.165, 1.54) is 32.4 Å². The van der Waals surface area contributed by atoms with Crippen molar-refractivity contribution < 1.29 is 22.3 Å². The summed E-state index contributed by atoms with van der Waals surface area (Å²) in [6.45, 7) is 1.64. The van der Waals surface area contributed by atoms with Gasteiger partial charge in [0.25, 0.3) is 0 Å². The molecule has 1 aromatic carbocycles. The Kier molecular flexibility index (Phi) is 6.10. The second-order valence-electron chi connectivity index (χ2n) is 4.27. The lowest BCUT2D eigenvalue weighted by Gasteiger charge is -2.28. The molecule has 0 spiro atoms. The number of ether oxygens (including phenoxy) is 1. The van der Waals surface area contributed by atoms with Crippen LogP contribution in [-0.4, -0.2) is 45.9 Å². The van der Waals surface area contributed by atoms with Crippen molar-refractivity contribution >= 4 is 21.9 Å². The number of carbonyl (C=O) groups excluding carboxylic acids is 1. The number of methoxy groups -OCH3 is 1. The maximum absolute atomic E-state index is 13.8. The molecule has 8 heteroatoms. The van der Waals surface area contributed by atoms with Gasteiger partial charge in [0.1, 0.15) is 5.82 Å². The molecule has 0 heterocycles. The summed E-state index contributed by atoms with van der Waals surface area (Å²) < 4.78 is 45.1. The lowest BCUT2D eigenvalue weighted by atomic mass is 10.3. The number of esters is 1. The summed E-state index contributed by atoms with van der Waals surface area (Å²) in [6, 6.07) is 5.64. The molecule has 0 saturated carbocycles. The smallest absolute Gasteiger partial charge is 0.306 e. The van der Waals surface area contributed by atoms with Gasteiger partial charge in [0.2, 0.25) is 0 Å². The summed E-state index contributed by atoms with van der Waals surface area (Å²) in [5.74, 6) is -1.13. The summed E-state index contributed by atoms with van der Waals surface area (Å²) in [4.78, 5) is 11.1. The van der Waals surface area contributed by atoms with Crippen LogP contribution in [0.25, 0.3) is 0 Å². The van der Waals surface area contributed by atoms with Crippen molar-refractivity contribution in [2.75, 3.05) is 31.6 Å². The molecule has 0 bridgehead atoms. The predicted octanol–water partition coefficient (Wildman–Crippen LogP) is 1.39. The second-order valence-corrected chi connectivity index (χ2v) is 6.23. The van der Waals surface area contributed by atoms with Gasteiger partial charge in [-0.1, -0.05) is 12.1 Å². The van der Waals surface area contributed by atoms with E-state index < -0.39 is 22.0 Å². The van der Waals surface area contributed by atoms with E-state index >= 15 is 0 Å². The highest BCUT2D eigenvalue weighted by molar-refractivity contribution is 7.90. The van der Waals surface area contributed by atoms with Crippen molar-refractivity contribution in [1.82, 2.24) is 4.31 Å². The van der Waals surface area contributed by atoms with Crippen molar-refractivity contribution in [1.29, 1.82) is 0 Å². The van der Waals surface area contributed by atoms with Crippen molar-refractivity contribution in [2.45, 2.75) is 13.3 Å². The van der Waals surface area contributed by atoms with Gasteiger partial charge in [0.15, 0.2) is 0 Å². The molecule has 0 aliphatic rings. The average Bonchev–Trinajstić information content (AvgIpc) is 2.46. The van der Waals surface area contributed by atoms with Gasteiger partial charge in [-0.25, -0.2) is 4.39 Å². The molecule has 21 heavy (non-hydrogen) atoms. The maximum atomic E-state index is 13.8. The van der Waals surface area contributed by atoms with E-state index in [0.29, 0.717) is 0 Å². The summed E-state index contributed by atoms with van der Waals surface area (Å²) in [6.07, 6.45) is -0.0684. The molecule has 0 aromatic heterocycles. The molecule has 0 fully saturated rings. The van der Waals surface area contributed by atoms with Crippen LogP contribution >= 0.6 is 0 Å². The fourth-order valence-electron chi connectivity index (χ4n) is 1.75. The zero-order valence-electron chi connectivity index (χ0n) is 12.2. The summed E-state index contributed by atoms with van der Waals surface area (Å²) >= 11 is 0. The minimum atomic E-state index is -3.91. The first-order valence-corrected chi connectivity index (χ1v) is 7.79. The fourth-order valence-corrected chi connectivity index (χ4v) is 3.13. The molecule has 6 nitrogen and oxygen atoms in total. The van der Waals surface area contributed by atoms with Crippen molar-refractivity contribution in [3.63, 3.8) is 0 Å². The van der Waals surface area contributed by atoms with Gasteiger partial charge in [-0.3, -0.25) is 9.10 Å². The third-order valence-corrected chi connectivity index (χ3v) is 4.92. The fraction of sp³-hybridized carbons (Fsp3) is 0.462. The third-order valence-electron chi connectivity index (χ3n) is 2.94. The van der Waals surface area contributed by atoms with Crippen molar-refractivity contribution in [3.8, 4) is 0 Å². The van der Waals surface area contributed by atoms with Crippen molar-refractivity contribution in [3.05, 3.63) is 30.1 Å². The van der Waals surface area contributed by atoms with Crippen LogP contribution in [0.3, 0.4) is 0 Å². The van der Waals surface area contributed by atoms with Crippen LogP contribution in [0.2, 0.25) is 0 Å². The SMILES string of the molecule is CCN(c1ccccc1F)S(=O)(=O)N(C)CCC(=O)OC. The molecule has 1 rings (SSSR count). The Hall–Kier alpha value is -1.67. The first-order chi connectivity index (χ1) is 9.84. The number of benzene rings is 1. The molecule has 0 aliphatic heterocycles. The van der Waals surface area contributed by atoms with Gasteiger partial charge < -0.3 is 4.74 Å². The lowest BCUT2D eigenvalue weighted by Crippen LogP contribution is -2.43. The summed E-state index contributed by atoms with van der Waals surface area (Å²) in [7, 11) is -1.35. The number of anilines is 1. The molecule has 0 atom stereocenters. The Labute approximate surface area is 124 Å². The number of nitrogens with zero attached hydrogens (tertiary/aromatic N) is 2. The highest BCUT2D eigenvalue weighted by atomic mass is 32.2. The van der Waals surface area contributed by atoms with E-state index in [-0.39, 0.29) is 25.2 Å². The minimum absolute atomic E-state index is 0.0232. The average molecular weight is 318 g/mol. The summed E-state index contributed by atoms with van der Waals surface area (Å²) in [5.41, 5.74) is -0.0232. The van der Waals surface area contributed by atoms with Crippen LogP contribution in [0.4, 0.5) is 10.1 Å². The van der Waals surface area contributed by atoms with E-state index in [4.69, 9.17) is 0 Å². The van der Waals surface area contributed by atoms with Crippen LogP contribution in [0.15, 0.2) is 24.3 Å². The Morgan fingerprint density at radius 2 is 1.95 bits per heavy atom. The number of hydrogen-bond donors (Lipinski definition) is 0. The maximum Gasteiger partial charge on any atom is 0.306 e. The Morgan fingerprint density at radius 1 is 1.33 bits per heavy atom. The molecule has 0 amide bonds. The molecule has 0 radical (unpaired) electrons. The zero-order valence-corrected chi connectivity index (χ0v) is 13.1. The molecule has 118 valence electrons. The van der Waals surface area contributed by atoms with Gasteiger partial charge in [0, 0.05) is 20.1 Å². The normalized spacial score (nSPS) is 11.5. The topological polar surface area (TPSA) is 66.9 Å². The third kappa shape index (κ3) is 4.15. The van der Waals surface area contributed by atoms with Crippen LogP contribution in [0.1, 0.15) is 13.3 Å². The second kappa shape index (κ2) is 7.37. The van der Waals surface area contributed by atoms with Crippen molar-refractivity contribution in [2.24, 2.45) is 0 Å².